The van der Waals surface area contributed by atoms with Crippen LogP contribution in [0.3, 0.4) is 0 Å². The fraction of sp³-hybridized carbons (Fsp3) is 0.263. The van der Waals surface area contributed by atoms with Gasteiger partial charge in [0.05, 0.1) is 18.2 Å². The summed E-state index contributed by atoms with van der Waals surface area (Å²) in [5, 5.41) is 11.7. The van der Waals surface area contributed by atoms with Gasteiger partial charge in [-0.15, -0.1) is 0 Å². The molecule has 1 N–H and O–H groups in total. The van der Waals surface area contributed by atoms with Crippen molar-refractivity contribution in [2.24, 2.45) is 0 Å². The van der Waals surface area contributed by atoms with Gasteiger partial charge in [0.15, 0.2) is 18.1 Å². The van der Waals surface area contributed by atoms with Crippen LogP contribution >= 0.6 is 0 Å². The highest BCUT2D eigenvalue weighted by molar-refractivity contribution is 5.91. The second-order valence-electron chi connectivity index (χ2n) is 5.09. The number of hydrogen-bond donors (Lipinski definition) is 1. The van der Waals surface area contributed by atoms with Crippen LogP contribution < -0.4 is 14.8 Å². The zero-order valence-corrected chi connectivity index (χ0v) is 13.8. The summed E-state index contributed by atoms with van der Waals surface area (Å²) in [4.78, 5) is 12.0. The van der Waals surface area contributed by atoms with Crippen LogP contribution in [-0.4, -0.2) is 19.1 Å². The number of amides is 1. The SMILES string of the molecule is CCOc1cc(C#N)ccc1OCC(=O)Nc1ccc(CC)cc1. The van der Waals surface area contributed by atoms with Crippen molar-refractivity contribution in [3.05, 3.63) is 53.6 Å². The van der Waals surface area contributed by atoms with Crippen LogP contribution in [0.5, 0.6) is 11.5 Å². The summed E-state index contributed by atoms with van der Waals surface area (Å²) in [6, 6.07) is 14.6. The van der Waals surface area contributed by atoms with Gasteiger partial charge in [0.1, 0.15) is 0 Å². The monoisotopic (exact) mass is 324 g/mol. The molecule has 2 aromatic carbocycles. The zero-order chi connectivity index (χ0) is 17.4. The Labute approximate surface area is 141 Å². The van der Waals surface area contributed by atoms with Crippen LogP contribution in [0.4, 0.5) is 5.69 Å². The van der Waals surface area contributed by atoms with Crippen molar-refractivity contribution in [2.75, 3.05) is 18.5 Å². The Kier molecular flexibility index (Phi) is 6.21. The highest BCUT2D eigenvalue weighted by Gasteiger charge is 2.09. The number of rotatable bonds is 7. The molecule has 0 unspecified atom stereocenters. The van der Waals surface area contributed by atoms with Crippen LogP contribution in [0.1, 0.15) is 25.0 Å². The average Bonchev–Trinajstić information content (AvgIpc) is 2.61. The molecule has 0 radical (unpaired) electrons. The van der Waals surface area contributed by atoms with E-state index in [-0.39, 0.29) is 12.5 Å². The maximum Gasteiger partial charge on any atom is 0.262 e. The number of ether oxygens (including phenoxy) is 2. The largest absolute Gasteiger partial charge is 0.490 e. The van der Waals surface area contributed by atoms with Crippen molar-refractivity contribution in [3.63, 3.8) is 0 Å². The van der Waals surface area contributed by atoms with Gasteiger partial charge in [-0.2, -0.15) is 5.26 Å². The van der Waals surface area contributed by atoms with Crippen LogP contribution in [0.25, 0.3) is 0 Å². The van der Waals surface area contributed by atoms with Gasteiger partial charge >= 0.3 is 0 Å². The van der Waals surface area contributed by atoms with E-state index in [2.05, 4.69) is 12.2 Å². The van der Waals surface area contributed by atoms with E-state index in [9.17, 15) is 4.79 Å². The molecular weight excluding hydrogens is 304 g/mol. The van der Waals surface area contributed by atoms with E-state index < -0.39 is 0 Å². The molecule has 0 saturated carbocycles. The fourth-order valence-electron chi connectivity index (χ4n) is 2.13. The Bertz CT molecular complexity index is 733. The lowest BCUT2D eigenvalue weighted by molar-refractivity contribution is -0.118. The molecule has 124 valence electrons. The summed E-state index contributed by atoms with van der Waals surface area (Å²) in [6.45, 7) is 4.23. The normalized spacial score (nSPS) is 9.88. The number of carbonyl (C=O) groups is 1. The zero-order valence-electron chi connectivity index (χ0n) is 13.8. The van der Waals surface area contributed by atoms with Crippen LogP contribution in [0.2, 0.25) is 0 Å². The Morgan fingerprint density at radius 2 is 1.83 bits per heavy atom. The molecule has 0 aromatic heterocycles. The number of nitriles is 1. The van der Waals surface area contributed by atoms with Crippen LogP contribution in [0, 0.1) is 11.3 Å². The Hall–Kier alpha value is -3.00. The molecule has 0 spiro atoms. The number of carbonyl (C=O) groups excluding carboxylic acids is 1. The molecule has 5 heteroatoms. The molecule has 0 atom stereocenters. The molecule has 0 saturated heterocycles. The smallest absolute Gasteiger partial charge is 0.262 e. The molecule has 2 aromatic rings. The topological polar surface area (TPSA) is 71.3 Å². The molecule has 1 amide bonds. The molecule has 0 aliphatic carbocycles. The summed E-state index contributed by atoms with van der Waals surface area (Å²) >= 11 is 0. The van der Waals surface area contributed by atoms with Crippen molar-refractivity contribution >= 4 is 11.6 Å². The van der Waals surface area contributed by atoms with E-state index in [1.54, 1.807) is 18.2 Å². The second-order valence-corrected chi connectivity index (χ2v) is 5.09. The van der Waals surface area contributed by atoms with Crippen LogP contribution in [-0.2, 0) is 11.2 Å². The van der Waals surface area contributed by atoms with Gasteiger partial charge in [-0.25, -0.2) is 0 Å². The second kappa shape index (κ2) is 8.59. The Morgan fingerprint density at radius 3 is 2.46 bits per heavy atom. The quantitative estimate of drug-likeness (QED) is 0.845. The minimum atomic E-state index is -0.258. The third kappa shape index (κ3) is 4.75. The third-order valence-electron chi connectivity index (χ3n) is 3.38. The maximum atomic E-state index is 12.0. The molecule has 24 heavy (non-hydrogen) atoms. The first-order valence-corrected chi connectivity index (χ1v) is 7.84. The molecule has 0 aliphatic heterocycles. The van der Waals surface area contributed by atoms with E-state index >= 15 is 0 Å². The van der Waals surface area contributed by atoms with Gasteiger partial charge in [-0.3, -0.25) is 4.79 Å². The first-order chi connectivity index (χ1) is 11.7. The van der Waals surface area contributed by atoms with Crippen molar-refractivity contribution < 1.29 is 14.3 Å². The van der Waals surface area contributed by atoms with E-state index in [0.717, 1.165) is 12.1 Å². The fourth-order valence-corrected chi connectivity index (χ4v) is 2.13. The van der Waals surface area contributed by atoms with E-state index in [4.69, 9.17) is 14.7 Å². The highest BCUT2D eigenvalue weighted by atomic mass is 16.5. The number of anilines is 1. The minimum absolute atomic E-state index is 0.137. The predicted molar refractivity (Wildman–Crippen MR) is 92.3 cm³/mol. The Balaban J connectivity index is 1.96. The number of hydrogen-bond acceptors (Lipinski definition) is 4. The Morgan fingerprint density at radius 1 is 1.08 bits per heavy atom. The van der Waals surface area contributed by atoms with Crippen molar-refractivity contribution in [2.45, 2.75) is 20.3 Å². The maximum absolute atomic E-state index is 12.0. The minimum Gasteiger partial charge on any atom is -0.490 e. The van der Waals surface area contributed by atoms with Crippen molar-refractivity contribution in [1.82, 2.24) is 0 Å². The van der Waals surface area contributed by atoms with E-state index in [1.165, 1.54) is 5.56 Å². The van der Waals surface area contributed by atoms with Gasteiger partial charge < -0.3 is 14.8 Å². The first-order valence-electron chi connectivity index (χ1n) is 7.84. The van der Waals surface area contributed by atoms with Crippen LogP contribution in [0.15, 0.2) is 42.5 Å². The molecular formula is C19H20N2O3. The number of aryl methyl sites for hydroxylation is 1. The van der Waals surface area contributed by atoms with Crippen molar-refractivity contribution in [1.29, 1.82) is 5.26 Å². The molecule has 0 bridgehead atoms. The molecule has 0 aliphatic rings. The summed E-state index contributed by atoms with van der Waals surface area (Å²) in [5.41, 5.74) is 2.42. The molecule has 5 nitrogen and oxygen atoms in total. The van der Waals surface area contributed by atoms with Gasteiger partial charge in [-0.05, 0) is 43.2 Å². The lowest BCUT2D eigenvalue weighted by Gasteiger charge is -2.12. The van der Waals surface area contributed by atoms with Gasteiger partial charge in [0.25, 0.3) is 5.91 Å². The third-order valence-corrected chi connectivity index (χ3v) is 3.38. The van der Waals surface area contributed by atoms with Crippen molar-refractivity contribution in [3.8, 4) is 17.6 Å². The summed E-state index contributed by atoms with van der Waals surface area (Å²) in [5.74, 6) is 0.634. The van der Waals surface area contributed by atoms with E-state index in [1.807, 2.05) is 37.3 Å². The molecule has 0 fully saturated rings. The standard InChI is InChI=1S/C19H20N2O3/c1-3-14-5-8-16(9-6-14)21-19(22)13-24-17-10-7-15(12-20)11-18(17)23-4-2/h5-11H,3-4,13H2,1-2H3,(H,21,22). The number of nitrogens with one attached hydrogen (secondary N) is 1. The summed E-state index contributed by atoms with van der Waals surface area (Å²) in [7, 11) is 0. The van der Waals surface area contributed by atoms with Gasteiger partial charge in [-0.1, -0.05) is 19.1 Å². The molecule has 0 heterocycles. The van der Waals surface area contributed by atoms with Gasteiger partial charge in [0, 0.05) is 11.8 Å². The van der Waals surface area contributed by atoms with Gasteiger partial charge in [0.2, 0.25) is 0 Å². The predicted octanol–water partition coefficient (Wildman–Crippen LogP) is 3.54. The summed E-state index contributed by atoms with van der Waals surface area (Å²) in [6.07, 6.45) is 0.955. The number of benzene rings is 2. The first kappa shape index (κ1) is 17.4. The average molecular weight is 324 g/mol. The summed E-state index contributed by atoms with van der Waals surface area (Å²) < 4.78 is 11.0. The number of nitrogens with zero attached hydrogens (tertiary/aromatic N) is 1. The van der Waals surface area contributed by atoms with E-state index in [0.29, 0.717) is 23.7 Å². The highest BCUT2D eigenvalue weighted by Crippen LogP contribution is 2.28. The lowest BCUT2D eigenvalue weighted by Crippen LogP contribution is -2.20. The lowest BCUT2D eigenvalue weighted by atomic mass is 10.1. The molecule has 2 rings (SSSR count).